The summed E-state index contributed by atoms with van der Waals surface area (Å²) in [6.45, 7) is 1.09. The molecule has 0 unspecified atom stereocenters. The Labute approximate surface area is 242 Å². The van der Waals surface area contributed by atoms with Gasteiger partial charge in [-0.1, -0.05) is 0 Å². The molecule has 1 aliphatic carbocycles. The number of nitrogens with zero attached hydrogens (tertiary/aromatic N) is 2. The van der Waals surface area contributed by atoms with Gasteiger partial charge in [0, 0.05) is 24.1 Å². The topological polar surface area (TPSA) is 91.7 Å². The minimum atomic E-state index is -4.74. The molecule has 13 heteroatoms. The molecule has 0 aliphatic heterocycles. The van der Waals surface area contributed by atoms with Gasteiger partial charge in [-0.05, 0) is 79.3 Å². The van der Waals surface area contributed by atoms with Crippen molar-refractivity contribution in [2.75, 3.05) is 18.5 Å². The first-order valence-electron chi connectivity index (χ1n) is 13.1. The van der Waals surface area contributed by atoms with Crippen LogP contribution >= 0.6 is 0 Å². The van der Waals surface area contributed by atoms with E-state index < -0.39 is 40.9 Å². The number of benzene rings is 3. The number of aromatic nitrogens is 2. The number of anilines is 1. The summed E-state index contributed by atoms with van der Waals surface area (Å²) in [4.78, 5) is 28.9. The van der Waals surface area contributed by atoms with Gasteiger partial charge in [0.25, 0.3) is 5.91 Å². The van der Waals surface area contributed by atoms with Crippen LogP contribution in [0.4, 0.5) is 32.4 Å². The van der Waals surface area contributed by atoms with E-state index in [1.54, 1.807) is 6.92 Å². The van der Waals surface area contributed by atoms with Crippen molar-refractivity contribution in [2.24, 2.45) is 0 Å². The van der Waals surface area contributed by atoms with Gasteiger partial charge in [0.15, 0.2) is 11.6 Å². The molecule has 1 aliphatic rings. The third kappa shape index (κ3) is 7.11. The lowest BCUT2D eigenvalue weighted by Crippen LogP contribution is -2.17. The quantitative estimate of drug-likeness (QED) is 0.158. The number of rotatable bonds is 9. The molecule has 8 nitrogen and oxygen atoms in total. The fourth-order valence-electron chi connectivity index (χ4n) is 4.29. The van der Waals surface area contributed by atoms with Gasteiger partial charge in [-0.2, -0.15) is 13.2 Å². The number of hydrogen-bond acceptors (Lipinski definition) is 6. The van der Waals surface area contributed by atoms with E-state index in [0.717, 1.165) is 28.8 Å². The van der Waals surface area contributed by atoms with E-state index in [1.807, 2.05) is 0 Å². The number of amides is 1. The third-order valence-corrected chi connectivity index (χ3v) is 6.55. The molecule has 0 bridgehead atoms. The molecule has 1 heterocycles. The van der Waals surface area contributed by atoms with E-state index >= 15 is 0 Å². The average Bonchev–Trinajstić information content (AvgIpc) is 3.66. The number of halogens is 5. The van der Waals surface area contributed by atoms with Crippen LogP contribution in [0.3, 0.4) is 0 Å². The Kier molecular flexibility index (Phi) is 8.33. The van der Waals surface area contributed by atoms with Crippen LogP contribution < -0.4 is 14.8 Å². The molecule has 1 fully saturated rings. The monoisotopic (exact) mass is 601 g/mol. The van der Waals surface area contributed by atoms with Crippen LogP contribution in [0.5, 0.6) is 17.2 Å². The normalized spacial score (nSPS) is 13.0. The second-order valence-electron chi connectivity index (χ2n) is 9.75. The highest BCUT2D eigenvalue weighted by Gasteiger charge is 2.40. The largest absolute Gasteiger partial charge is 0.487 e. The molecular formula is C30H24F5N3O5. The van der Waals surface area contributed by atoms with Crippen molar-refractivity contribution in [3.63, 3.8) is 0 Å². The van der Waals surface area contributed by atoms with Gasteiger partial charge in [-0.25, -0.2) is 23.1 Å². The Hall–Kier alpha value is -4.94. The number of imidazole rings is 1. The summed E-state index contributed by atoms with van der Waals surface area (Å²) < 4.78 is 87.4. The van der Waals surface area contributed by atoms with Gasteiger partial charge in [-0.3, -0.25) is 4.79 Å². The van der Waals surface area contributed by atoms with Gasteiger partial charge >= 0.3 is 12.3 Å². The lowest BCUT2D eigenvalue weighted by atomic mass is 9.98. The summed E-state index contributed by atoms with van der Waals surface area (Å²) in [7, 11) is 0. The predicted molar refractivity (Wildman–Crippen MR) is 143 cm³/mol. The maximum Gasteiger partial charge on any atom is 0.419 e. The van der Waals surface area contributed by atoms with Crippen LogP contribution in [-0.4, -0.2) is 34.8 Å². The van der Waals surface area contributed by atoms with Crippen LogP contribution in [-0.2, 0) is 10.9 Å². The van der Waals surface area contributed by atoms with Crippen molar-refractivity contribution in [1.82, 2.24) is 9.55 Å². The minimum Gasteiger partial charge on any atom is -0.487 e. The first kappa shape index (κ1) is 29.5. The molecule has 5 rings (SSSR count). The molecule has 3 aromatic carbocycles. The fourth-order valence-corrected chi connectivity index (χ4v) is 4.29. The zero-order valence-corrected chi connectivity index (χ0v) is 22.6. The molecular weight excluding hydrogens is 577 g/mol. The molecule has 0 saturated heterocycles. The SMILES string of the molecule is Cc1cc(F)ccc1Oc1cc(C2CC2)c(C(F)(F)F)cc1C(=O)Nc1ccc(F)c(OCCOC(=O)n2ccnc2)c1. The smallest absolute Gasteiger partial charge is 0.419 e. The lowest BCUT2D eigenvalue weighted by Gasteiger charge is -2.19. The summed E-state index contributed by atoms with van der Waals surface area (Å²) >= 11 is 0. The van der Waals surface area contributed by atoms with Crippen molar-refractivity contribution < 1.29 is 45.8 Å². The number of carbonyl (C=O) groups excluding carboxylic acids is 2. The molecule has 4 aromatic rings. The first-order valence-corrected chi connectivity index (χ1v) is 13.1. The third-order valence-electron chi connectivity index (χ3n) is 6.55. The van der Waals surface area contributed by atoms with E-state index in [0.29, 0.717) is 18.4 Å². The van der Waals surface area contributed by atoms with Gasteiger partial charge < -0.3 is 19.5 Å². The molecule has 0 spiro atoms. The highest BCUT2D eigenvalue weighted by molar-refractivity contribution is 6.06. The maximum atomic E-state index is 14.4. The molecule has 1 amide bonds. The van der Waals surface area contributed by atoms with E-state index in [4.69, 9.17) is 14.2 Å². The number of ether oxygens (including phenoxy) is 3. The molecule has 0 radical (unpaired) electrons. The molecule has 1 N–H and O–H groups in total. The minimum absolute atomic E-state index is 0.00465. The Balaban J connectivity index is 1.37. The summed E-state index contributed by atoms with van der Waals surface area (Å²) in [5.74, 6) is -2.91. The summed E-state index contributed by atoms with van der Waals surface area (Å²) in [5.41, 5.74) is -1.00. The van der Waals surface area contributed by atoms with Crippen molar-refractivity contribution in [3.8, 4) is 17.2 Å². The van der Waals surface area contributed by atoms with Crippen LogP contribution in [0, 0.1) is 18.6 Å². The highest BCUT2D eigenvalue weighted by atomic mass is 19.4. The molecule has 43 heavy (non-hydrogen) atoms. The predicted octanol–water partition coefficient (Wildman–Crippen LogP) is 7.47. The van der Waals surface area contributed by atoms with E-state index in [9.17, 15) is 31.5 Å². The van der Waals surface area contributed by atoms with Gasteiger partial charge in [0.2, 0.25) is 0 Å². The maximum absolute atomic E-state index is 14.4. The van der Waals surface area contributed by atoms with Crippen LogP contribution in [0.25, 0.3) is 0 Å². The second kappa shape index (κ2) is 12.1. The van der Waals surface area contributed by atoms with Crippen molar-refractivity contribution in [1.29, 1.82) is 0 Å². The number of hydrogen-bond donors (Lipinski definition) is 1. The second-order valence-corrected chi connectivity index (χ2v) is 9.75. The van der Waals surface area contributed by atoms with Crippen molar-refractivity contribution in [2.45, 2.75) is 31.9 Å². The van der Waals surface area contributed by atoms with Gasteiger partial charge in [0.1, 0.15) is 36.9 Å². The average molecular weight is 602 g/mol. The van der Waals surface area contributed by atoms with Crippen LogP contribution in [0.1, 0.15) is 45.8 Å². The molecule has 1 aromatic heterocycles. The van der Waals surface area contributed by atoms with Gasteiger partial charge in [0.05, 0.1) is 11.1 Å². The van der Waals surface area contributed by atoms with Crippen LogP contribution in [0.2, 0.25) is 0 Å². The number of aryl methyl sites for hydroxylation is 1. The molecule has 1 saturated carbocycles. The Morgan fingerprint density at radius 1 is 1.00 bits per heavy atom. The molecule has 224 valence electrons. The number of carbonyl (C=O) groups is 2. The number of alkyl halides is 3. The van der Waals surface area contributed by atoms with E-state index in [1.165, 1.54) is 43.0 Å². The zero-order valence-electron chi connectivity index (χ0n) is 22.6. The Bertz CT molecular complexity index is 1650. The summed E-state index contributed by atoms with van der Waals surface area (Å²) in [6.07, 6.45) is -0.336. The van der Waals surface area contributed by atoms with Crippen molar-refractivity contribution >= 4 is 17.7 Å². The standard InChI is InChI=1S/C30H24F5N3O5/c1-17-12-19(31)4-7-25(17)43-26-15-21(18-2-3-18)23(30(33,34)35)14-22(26)28(39)37-20-5-6-24(32)27(13-20)41-10-11-42-29(40)38-9-8-36-16-38/h4-9,12-16,18H,2-3,10-11H2,1H3,(H,37,39). The fraction of sp³-hybridized carbons (Fsp3) is 0.233. The van der Waals surface area contributed by atoms with Crippen LogP contribution in [0.15, 0.2) is 67.3 Å². The molecule has 0 atom stereocenters. The summed E-state index contributed by atoms with van der Waals surface area (Å²) in [6, 6.07) is 8.91. The zero-order chi connectivity index (χ0) is 30.7. The van der Waals surface area contributed by atoms with E-state index in [-0.39, 0.29) is 47.6 Å². The van der Waals surface area contributed by atoms with Crippen molar-refractivity contribution in [3.05, 3.63) is 101 Å². The van der Waals surface area contributed by atoms with E-state index in [2.05, 4.69) is 10.3 Å². The lowest BCUT2D eigenvalue weighted by molar-refractivity contribution is -0.138. The first-order chi connectivity index (χ1) is 20.5. The number of nitrogens with one attached hydrogen (secondary N) is 1. The Morgan fingerprint density at radius 2 is 1.79 bits per heavy atom. The Morgan fingerprint density at radius 3 is 2.47 bits per heavy atom. The van der Waals surface area contributed by atoms with Gasteiger partial charge in [-0.15, -0.1) is 0 Å². The summed E-state index contributed by atoms with van der Waals surface area (Å²) in [5, 5.41) is 2.46. The highest BCUT2D eigenvalue weighted by Crippen LogP contribution is 2.48.